The van der Waals surface area contributed by atoms with Crippen molar-refractivity contribution in [3.05, 3.63) is 18.2 Å². The fourth-order valence-corrected chi connectivity index (χ4v) is 3.97. The fourth-order valence-electron chi connectivity index (χ4n) is 3.97. The Labute approximate surface area is 128 Å². The minimum absolute atomic E-state index is 0.719. The molecule has 2 fully saturated rings. The second-order valence-electron chi connectivity index (χ2n) is 6.78. The number of hydrogen-bond donors (Lipinski definition) is 1. The SMILES string of the molecule is Cc1nccn1CCN1CCCNC(C2CCCCC2)C1. The van der Waals surface area contributed by atoms with Crippen LogP contribution in [0.25, 0.3) is 0 Å². The van der Waals surface area contributed by atoms with Gasteiger partial charge in [0.05, 0.1) is 0 Å². The molecule has 1 aromatic heterocycles. The second-order valence-corrected chi connectivity index (χ2v) is 6.78. The maximum atomic E-state index is 4.32. The lowest BCUT2D eigenvalue weighted by Gasteiger charge is -2.33. The second kappa shape index (κ2) is 7.41. The van der Waals surface area contributed by atoms with Gasteiger partial charge in [-0.2, -0.15) is 0 Å². The van der Waals surface area contributed by atoms with E-state index in [2.05, 4.69) is 32.9 Å². The Kier molecular flexibility index (Phi) is 5.31. The van der Waals surface area contributed by atoms with Crippen molar-refractivity contribution in [1.82, 2.24) is 19.8 Å². The zero-order valence-electron chi connectivity index (χ0n) is 13.4. The highest BCUT2D eigenvalue weighted by Gasteiger charge is 2.26. The van der Waals surface area contributed by atoms with Crippen molar-refractivity contribution in [3.63, 3.8) is 0 Å². The number of rotatable bonds is 4. The van der Waals surface area contributed by atoms with Gasteiger partial charge >= 0.3 is 0 Å². The van der Waals surface area contributed by atoms with Crippen LogP contribution in [0.3, 0.4) is 0 Å². The zero-order valence-corrected chi connectivity index (χ0v) is 13.4. The minimum atomic E-state index is 0.719. The summed E-state index contributed by atoms with van der Waals surface area (Å²) in [6.07, 6.45) is 12.5. The van der Waals surface area contributed by atoms with Gasteiger partial charge in [0.25, 0.3) is 0 Å². The first-order valence-electron chi connectivity index (χ1n) is 8.76. The minimum Gasteiger partial charge on any atom is -0.334 e. The van der Waals surface area contributed by atoms with E-state index in [-0.39, 0.29) is 0 Å². The zero-order chi connectivity index (χ0) is 14.5. The highest BCUT2D eigenvalue weighted by atomic mass is 15.2. The lowest BCUT2D eigenvalue weighted by molar-refractivity contribution is 0.201. The van der Waals surface area contributed by atoms with Gasteiger partial charge in [-0.1, -0.05) is 19.3 Å². The predicted molar refractivity (Wildman–Crippen MR) is 86.4 cm³/mol. The molecule has 3 rings (SSSR count). The Bertz CT molecular complexity index is 422. The summed E-state index contributed by atoms with van der Waals surface area (Å²) in [5.41, 5.74) is 0. The molecule has 0 radical (unpaired) electrons. The molecule has 4 heteroatoms. The lowest BCUT2D eigenvalue weighted by atomic mass is 9.83. The van der Waals surface area contributed by atoms with E-state index in [1.165, 1.54) is 58.2 Å². The molecule has 1 N–H and O–H groups in total. The van der Waals surface area contributed by atoms with Crippen molar-refractivity contribution in [2.24, 2.45) is 5.92 Å². The van der Waals surface area contributed by atoms with E-state index in [1.807, 2.05) is 6.20 Å². The summed E-state index contributed by atoms with van der Waals surface area (Å²) in [4.78, 5) is 6.98. The van der Waals surface area contributed by atoms with Gasteiger partial charge in [0.2, 0.25) is 0 Å². The molecule has 1 atom stereocenters. The number of nitrogens with one attached hydrogen (secondary N) is 1. The van der Waals surface area contributed by atoms with Crippen molar-refractivity contribution < 1.29 is 0 Å². The van der Waals surface area contributed by atoms with Crippen molar-refractivity contribution in [2.45, 2.75) is 58.0 Å². The summed E-state index contributed by atoms with van der Waals surface area (Å²) in [7, 11) is 0. The molecule has 118 valence electrons. The predicted octanol–water partition coefficient (Wildman–Crippen LogP) is 2.44. The molecule has 1 aromatic rings. The van der Waals surface area contributed by atoms with Crippen LogP contribution in [0.2, 0.25) is 0 Å². The van der Waals surface area contributed by atoms with Gasteiger partial charge in [-0.3, -0.25) is 4.90 Å². The van der Waals surface area contributed by atoms with E-state index in [9.17, 15) is 0 Å². The monoisotopic (exact) mass is 290 g/mol. The first kappa shape index (κ1) is 15.0. The van der Waals surface area contributed by atoms with Gasteiger partial charge in [0.1, 0.15) is 5.82 Å². The Morgan fingerprint density at radius 3 is 2.81 bits per heavy atom. The molecule has 0 aromatic carbocycles. The Morgan fingerprint density at radius 2 is 2.05 bits per heavy atom. The van der Waals surface area contributed by atoms with Crippen LogP contribution in [-0.4, -0.2) is 46.7 Å². The molecule has 0 amide bonds. The van der Waals surface area contributed by atoms with Crippen LogP contribution < -0.4 is 5.32 Å². The third-order valence-corrected chi connectivity index (χ3v) is 5.31. The summed E-state index contributed by atoms with van der Waals surface area (Å²) in [6, 6.07) is 0.719. The number of imidazole rings is 1. The van der Waals surface area contributed by atoms with Crippen molar-refractivity contribution in [3.8, 4) is 0 Å². The third-order valence-electron chi connectivity index (χ3n) is 5.31. The van der Waals surface area contributed by atoms with Gasteiger partial charge in [-0.05, 0) is 45.2 Å². The number of hydrogen-bond acceptors (Lipinski definition) is 3. The van der Waals surface area contributed by atoms with Crippen LogP contribution in [0.5, 0.6) is 0 Å². The van der Waals surface area contributed by atoms with Gasteiger partial charge < -0.3 is 9.88 Å². The third kappa shape index (κ3) is 4.07. The average Bonchev–Trinajstić information content (AvgIpc) is 2.79. The fraction of sp³-hybridized carbons (Fsp3) is 0.824. The summed E-state index contributed by atoms with van der Waals surface area (Å²) >= 11 is 0. The molecule has 2 aliphatic rings. The molecule has 21 heavy (non-hydrogen) atoms. The quantitative estimate of drug-likeness (QED) is 0.924. The molecular formula is C17H30N4. The summed E-state index contributed by atoms with van der Waals surface area (Å²) < 4.78 is 2.27. The van der Waals surface area contributed by atoms with Gasteiger partial charge in [-0.25, -0.2) is 4.98 Å². The molecule has 1 aliphatic carbocycles. The number of aromatic nitrogens is 2. The molecule has 1 saturated heterocycles. The Morgan fingerprint density at radius 1 is 1.19 bits per heavy atom. The van der Waals surface area contributed by atoms with Crippen LogP contribution in [-0.2, 0) is 6.54 Å². The van der Waals surface area contributed by atoms with Crippen LogP contribution in [0.1, 0.15) is 44.3 Å². The molecule has 1 saturated carbocycles. The van der Waals surface area contributed by atoms with Crippen LogP contribution in [0, 0.1) is 12.8 Å². The van der Waals surface area contributed by atoms with Gasteiger partial charge in [-0.15, -0.1) is 0 Å². The largest absolute Gasteiger partial charge is 0.334 e. The first-order chi connectivity index (χ1) is 10.3. The molecule has 1 aliphatic heterocycles. The molecule has 1 unspecified atom stereocenters. The van der Waals surface area contributed by atoms with E-state index < -0.39 is 0 Å². The van der Waals surface area contributed by atoms with Crippen LogP contribution in [0.15, 0.2) is 12.4 Å². The maximum absolute atomic E-state index is 4.32. The maximum Gasteiger partial charge on any atom is 0.105 e. The van der Waals surface area contributed by atoms with Gasteiger partial charge in [0, 0.05) is 38.1 Å². The lowest BCUT2D eigenvalue weighted by Crippen LogP contribution is -2.44. The highest BCUT2D eigenvalue weighted by molar-refractivity contribution is 4.89. The summed E-state index contributed by atoms with van der Waals surface area (Å²) in [5, 5.41) is 3.83. The van der Waals surface area contributed by atoms with E-state index in [4.69, 9.17) is 0 Å². The van der Waals surface area contributed by atoms with Crippen molar-refractivity contribution >= 4 is 0 Å². The number of aryl methyl sites for hydroxylation is 1. The van der Waals surface area contributed by atoms with E-state index >= 15 is 0 Å². The molecular weight excluding hydrogens is 260 g/mol. The average molecular weight is 290 g/mol. The normalized spacial score (nSPS) is 25.9. The summed E-state index contributed by atoms with van der Waals surface area (Å²) in [6.45, 7) is 7.99. The molecule has 0 bridgehead atoms. The first-order valence-corrected chi connectivity index (χ1v) is 8.76. The topological polar surface area (TPSA) is 33.1 Å². The van der Waals surface area contributed by atoms with E-state index in [1.54, 1.807) is 0 Å². The Hall–Kier alpha value is -0.870. The Balaban J connectivity index is 1.53. The standard InChI is InChI=1S/C17H30N4/c1-15-18-9-11-21(15)13-12-20-10-5-8-19-17(14-20)16-6-3-2-4-7-16/h9,11,16-17,19H,2-8,10,12-14H2,1H3. The van der Waals surface area contributed by atoms with Crippen molar-refractivity contribution in [2.75, 3.05) is 26.2 Å². The number of nitrogens with zero attached hydrogens (tertiary/aromatic N) is 3. The van der Waals surface area contributed by atoms with Gasteiger partial charge in [0.15, 0.2) is 0 Å². The van der Waals surface area contributed by atoms with Crippen LogP contribution in [0.4, 0.5) is 0 Å². The molecule has 2 heterocycles. The van der Waals surface area contributed by atoms with Crippen LogP contribution >= 0.6 is 0 Å². The highest BCUT2D eigenvalue weighted by Crippen LogP contribution is 2.27. The van der Waals surface area contributed by atoms with E-state index in [0.717, 1.165) is 30.9 Å². The summed E-state index contributed by atoms with van der Waals surface area (Å²) in [5.74, 6) is 2.04. The molecule has 0 spiro atoms. The van der Waals surface area contributed by atoms with Crippen molar-refractivity contribution in [1.29, 1.82) is 0 Å². The molecule has 4 nitrogen and oxygen atoms in total. The van der Waals surface area contributed by atoms with E-state index in [0.29, 0.717) is 0 Å². The smallest absolute Gasteiger partial charge is 0.105 e.